The number of nitrogens with zero attached hydrogens (tertiary/aromatic N) is 5. The number of para-hydroxylation sites is 4. The molecule has 46 heavy (non-hydrogen) atoms. The van der Waals surface area contributed by atoms with Crippen LogP contribution in [0.2, 0.25) is 0 Å². The fraction of sp³-hybridized carbons (Fsp3) is 0.175. The fourth-order valence-corrected chi connectivity index (χ4v) is 6.24. The lowest BCUT2D eigenvalue weighted by Gasteiger charge is -2.24. The highest BCUT2D eigenvalue weighted by molar-refractivity contribution is 5.85. The van der Waals surface area contributed by atoms with Crippen molar-refractivity contribution in [2.75, 3.05) is 0 Å². The minimum absolute atomic E-state index is 0.157. The Morgan fingerprint density at radius 2 is 1.24 bits per heavy atom. The number of benzene rings is 5. The zero-order chi connectivity index (χ0) is 31.9. The second-order valence-corrected chi connectivity index (χ2v) is 12.4. The number of imidazole rings is 1. The smallest absolute Gasteiger partial charge is 0.181 e. The van der Waals surface area contributed by atoms with Crippen molar-refractivity contribution in [3.05, 3.63) is 132 Å². The molecular weight excluding hydrogens is 566 g/mol. The molecule has 0 radical (unpaired) electrons. The Balaban J connectivity index is 1.44. The van der Waals surface area contributed by atoms with E-state index in [1.807, 2.05) is 37.3 Å². The quantitative estimate of drug-likeness (QED) is 0.197. The van der Waals surface area contributed by atoms with Crippen LogP contribution in [-0.2, 0) is 0 Å². The number of phenolic OH excluding ortho intramolecular Hbond substituents is 1. The Bertz CT molecular complexity index is 2160. The molecule has 0 bridgehead atoms. The number of aromatic hydroxyl groups is 1. The van der Waals surface area contributed by atoms with Gasteiger partial charge in [0.15, 0.2) is 5.82 Å². The van der Waals surface area contributed by atoms with Gasteiger partial charge in [0, 0.05) is 11.1 Å². The molecule has 6 heteroatoms. The van der Waals surface area contributed by atoms with Crippen molar-refractivity contribution in [2.24, 2.45) is 0 Å². The second-order valence-electron chi connectivity index (χ2n) is 12.4. The van der Waals surface area contributed by atoms with Crippen molar-refractivity contribution < 1.29 is 5.11 Å². The molecule has 2 heterocycles. The van der Waals surface area contributed by atoms with Crippen molar-refractivity contribution in [3.8, 4) is 51.0 Å². The van der Waals surface area contributed by atoms with Crippen LogP contribution in [-0.4, -0.2) is 29.4 Å². The van der Waals surface area contributed by atoms with Crippen LogP contribution < -0.4 is 0 Å². The van der Waals surface area contributed by atoms with E-state index in [1.165, 1.54) is 27.9 Å². The highest BCUT2D eigenvalue weighted by Gasteiger charge is 2.24. The first-order valence-electron chi connectivity index (χ1n) is 15.8. The molecule has 0 fully saturated rings. The Labute approximate surface area is 269 Å². The van der Waals surface area contributed by atoms with Crippen molar-refractivity contribution in [1.82, 2.24) is 24.3 Å². The lowest BCUT2D eigenvalue weighted by atomic mass is 9.88. The maximum absolute atomic E-state index is 10.5. The Morgan fingerprint density at radius 3 is 1.96 bits per heavy atom. The summed E-state index contributed by atoms with van der Waals surface area (Å²) in [6.07, 6.45) is 0. The van der Waals surface area contributed by atoms with Gasteiger partial charge in [-0.1, -0.05) is 100 Å². The number of fused-ring (bicyclic) bond motifs is 1. The number of rotatable bonds is 7. The van der Waals surface area contributed by atoms with Gasteiger partial charge >= 0.3 is 0 Å². The van der Waals surface area contributed by atoms with Crippen LogP contribution in [0.25, 0.3) is 56.3 Å². The van der Waals surface area contributed by atoms with Crippen molar-refractivity contribution in [3.63, 3.8) is 0 Å². The minimum atomic E-state index is 0.157. The number of hydrogen-bond donors (Lipinski definition) is 1. The maximum Gasteiger partial charge on any atom is 0.181 e. The average Bonchev–Trinajstić information content (AvgIpc) is 3.65. The van der Waals surface area contributed by atoms with E-state index in [9.17, 15) is 5.11 Å². The molecule has 0 unspecified atom stereocenters. The van der Waals surface area contributed by atoms with Crippen molar-refractivity contribution in [2.45, 2.75) is 46.5 Å². The number of aromatic nitrogens is 5. The van der Waals surface area contributed by atoms with E-state index in [0.717, 1.165) is 28.0 Å². The van der Waals surface area contributed by atoms with Crippen molar-refractivity contribution in [1.29, 1.82) is 0 Å². The summed E-state index contributed by atoms with van der Waals surface area (Å²) in [5, 5.41) is 15.3. The first kappa shape index (κ1) is 29.2. The zero-order valence-electron chi connectivity index (χ0n) is 26.8. The molecule has 0 amide bonds. The molecule has 5 aromatic carbocycles. The second kappa shape index (κ2) is 11.8. The van der Waals surface area contributed by atoms with Gasteiger partial charge in [0.1, 0.15) is 23.1 Å². The van der Waals surface area contributed by atoms with Crippen LogP contribution in [0.3, 0.4) is 0 Å². The number of hydrogen-bond acceptors (Lipinski definition) is 4. The van der Waals surface area contributed by atoms with Gasteiger partial charge in [-0.15, -0.1) is 5.10 Å². The molecule has 0 atom stereocenters. The van der Waals surface area contributed by atoms with Gasteiger partial charge in [-0.3, -0.25) is 4.57 Å². The third kappa shape index (κ3) is 5.16. The fourth-order valence-electron chi connectivity index (χ4n) is 6.24. The van der Waals surface area contributed by atoms with Crippen LogP contribution >= 0.6 is 0 Å². The van der Waals surface area contributed by atoms with Gasteiger partial charge in [-0.2, -0.15) is 0 Å². The minimum Gasteiger partial charge on any atom is -0.506 e. The summed E-state index contributed by atoms with van der Waals surface area (Å²) >= 11 is 0. The molecule has 7 aromatic rings. The van der Waals surface area contributed by atoms with E-state index in [-0.39, 0.29) is 17.6 Å². The van der Waals surface area contributed by atoms with Crippen LogP contribution in [0.5, 0.6) is 5.75 Å². The molecule has 228 valence electrons. The summed E-state index contributed by atoms with van der Waals surface area (Å²) in [7, 11) is 0. The average molecular weight is 604 g/mol. The molecule has 7 rings (SSSR count). The lowest BCUT2D eigenvalue weighted by Crippen LogP contribution is -2.09. The van der Waals surface area contributed by atoms with Crippen molar-refractivity contribution >= 4 is 11.0 Å². The van der Waals surface area contributed by atoms with E-state index >= 15 is 0 Å². The van der Waals surface area contributed by atoms with E-state index < -0.39 is 0 Å². The van der Waals surface area contributed by atoms with E-state index in [4.69, 9.17) is 15.1 Å². The lowest BCUT2D eigenvalue weighted by molar-refractivity contribution is 0.470. The largest absolute Gasteiger partial charge is 0.506 e. The first-order valence-corrected chi connectivity index (χ1v) is 15.8. The van der Waals surface area contributed by atoms with Crippen LogP contribution in [0.4, 0.5) is 0 Å². The van der Waals surface area contributed by atoms with Gasteiger partial charge in [0.25, 0.3) is 0 Å². The standard InChI is InChI=1S/C40H37N5O/c1-25(2)32-23-31(28-14-7-6-8-15-28)24-33(26(3)4)38(32)44-35-19-10-9-18-34(35)42-40(44)30-17-13-16-29(22-30)39-41-27(5)45(43-39)36-20-11-12-21-37(36)46/h6-26,46H,1-5H3. The summed E-state index contributed by atoms with van der Waals surface area (Å²) in [5.41, 5.74) is 10.7. The van der Waals surface area contributed by atoms with Crippen LogP contribution in [0.1, 0.15) is 56.5 Å². The van der Waals surface area contributed by atoms with E-state index in [2.05, 4.69) is 105 Å². The Hall–Kier alpha value is -5.49. The summed E-state index contributed by atoms with van der Waals surface area (Å²) in [6.45, 7) is 11.0. The highest BCUT2D eigenvalue weighted by atomic mass is 16.3. The van der Waals surface area contributed by atoms with Gasteiger partial charge in [0.05, 0.1) is 16.7 Å². The predicted molar refractivity (Wildman–Crippen MR) is 187 cm³/mol. The van der Waals surface area contributed by atoms with Crippen LogP contribution in [0, 0.1) is 6.92 Å². The predicted octanol–water partition coefficient (Wildman–Crippen LogP) is 9.87. The number of phenols is 1. The monoisotopic (exact) mass is 603 g/mol. The molecular formula is C40H37N5O. The third-order valence-electron chi connectivity index (χ3n) is 8.56. The molecule has 0 spiro atoms. The molecule has 0 aliphatic rings. The SMILES string of the molecule is Cc1nc(-c2cccc(-c3nc4ccccc4n3-c3c(C(C)C)cc(-c4ccccc4)cc3C(C)C)c2)nn1-c1ccccc1O. The number of aryl methyl sites for hydroxylation is 1. The normalized spacial score (nSPS) is 11.6. The zero-order valence-corrected chi connectivity index (χ0v) is 26.8. The molecule has 0 saturated carbocycles. The molecule has 1 N–H and O–H groups in total. The topological polar surface area (TPSA) is 68.8 Å². The van der Waals surface area contributed by atoms with Gasteiger partial charge in [-0.05, 0) is 83.5 Å². The molecule has 6 nitrogen and oxygen atoms in total. The highest BCUT2D eigenvalue weighted by Crippen LogP contribution is 2.40. The molecule has 2 aromatic heterocycles. The van der Waals surface area contributed by atoms with E-state index in [1.54, 1.807) is 16.8 Å². The maximum atomic E-state index is 10.5. The third-order valence-corrected chi connectivity index (χ3v) is 8.56. The van der Waals surface area contributed by atoms with Gasteiger partial charge in [-0.25, -0.2) is 14.6 Å². The first-order chi connectivity index (χ1) is 22.3. The molecule has 0 saturated heterocycles. The Morgan fingerprint density at radius 1 is 0.609 bits per heavy atom. The van der Waals surface area contributed by atoms with Gasteiger partial charge < -0.3 is 5.11 Å². The van der Waals surface area contributed by atoms with Crippen LogP contribution in [0.15, 0.2) is 115 Å². The van der Waals surface area contributed by atoms with E-state index in [0.29, 0.717) is 17.3 Å². The summed E-state index contributed by atoms with van der Waals surface area (Å²) in [6, 6.07) is 39.2. The summed E-state index contributed by atoms with van der Waals surface area (Å²) < 4.78 is 4.04. The van der Waals surface area contributed by atoms with Gasteiger partial charge in [0.2, 0.25) is 0 Å². The Kier molecular flexibility index (Phi) is 7.49. The summed E-state index contributed by atoms with van der Waals surface area (Å²) in [5.74, 6) is 2.86. The molecule has 0 aliphatic carbocycles. The molecule has 0 aliphatic heterocycles. The summed E-state index contributed by atoms with van der Waals surface area (Å²) in [4.78, 5) is 10.0.